The number of nitrogen functional groups attached to an aromatic ring is 1. The van der Waals surface area contributed by atoms with Gasteiger partial charge >= 0.3 is 0 Å². The number of carbonyl (C=O) groups is 1. The third-order valence-corrected chi connectivity index (χ3v) is 5.39. The van der Waals surface area contributed by atoms with Crippen LogP contribution in [0.25, 0.3) is 10.2 Å². The summed E-state index contributed by atoms with van der Waals surface area (Å²) < 4.78 is 5.91. The van der Waals surface area contributed by atoms with Crippen LogP contribution in [0.3, 0.4) is 0 Å². The minimum Gasteiger partial charge on any atom is -0.480 e. The predicted octanol–water partition coefficient (Wildman–Crippen LogP) is 2.96. The molecule has 4 rings (SSSR count). The summed E-state index contributed by atoms with van der Waals surface area (Å²) in [4.78, 5) is 25.6. The van der Waals surface area contributed by atoms with Gasteiger partial charge in [-0.05, 0) is 37.1 Å². The number of rotatable bonds is 4. The van der Waals surface area contributed by atoms with E-state index < -0.39 is 0 Å². The third-order valence-electron chi connectivity index (χ3n) is 4.29. The van der Waals surface area contributed by atoms with E-state index in [1.807, 2.05) is 24.3 Å². The molecule has 0 bridgehead atoms. The van der Waals surface area contributed by atoms with Crippen molar-refractivity contribution in [1.29, 1.82) is 5.26 Å². The molecule has 0 unspecified atom stereocenters. The first-order chi connectivity index (χ1) is 14.5. The highest BCUT2D eigenvalue weighted by molar-refractivity contribution is 7.22. The van der Waals surface area contributed by atoms with Gasteiger partial charge in [-0.15, -0.1) is 0 Å². The second-order valence-corrected chi connectivity index (χ2v) is 7.34. The van der Waals surface area contributed by atoms with Crippen molar-refractivity contribution >= 4 is 44.2 Å². The van der Waals surface area contributed by atoms with Crippen molar-refractivity contribution in [1.82, 2.24) is 15.0 Å². The minimum absolute atomic E-state index is 0.0980. The molecule has 3 N–H and O–H groups in total. The number of carbonyl (C=O) groups excluding carboxylic acids is 1. The van der Waals surface area contributed by atoms with E-state index in [-0.39, 0.29) is 23.3 Å². The number of thiazole rings is 1. The number of hydrogen-bond acceptors (Lipinski definition) is 9. The van der Waals surface area contributed by atoms with Crippen molar-refractivity contribution in [2.75, 3.05) is 36.1 Å². The Balaban J connectivity index is 0.000000199. The van der Waals surface area contributed by atoms with E-state index in [4.69, 9.17) is 15.7 Å². The quantitative estimate of drug-likeness (QED) is 0.613. The summed E-state index contributed by atoms with van der Waals surface area (Å²) >= 11 is 1.71. The van der Waals surface area contributed by atoms with E-state index in [2.05, 4.69) is 31.7 Å². The Hall–Kier alpha value is -3.71. The Morgan fingerprint density at radius 3 is 2.83 bits per heavy atom. The number of anilines is 3. The largest absolute Gasteiger partial charge is 0.480 e. The summed E-state index contributed by atoms with van der Waals surface area (Å²) in [6.07, 6.45) is 5.08. The Morgan fingerprint density at radius 1 is 1.40 bits per heavy atom. The highest BCUT2D eigenvalue weighted by Crippen LogP contribution is 2.32. The molecule has 3 aromatic rings. The number of nitrogens with two attached hydrogens (primary N) is 1. The molecule has 2 aromatic heterocycles. The van der Waals surface area contributed by atoms with Gasteiger partial charge in [0, 0.05) is 18.8 Å². The van der Waals surface area contributed by atoms with Crippen LogP contribution in [0.4, 0.5) is 16.8 Å². The van der Waals surface area contributed by atoms with Crippen LogP contribution in [0.15, 0.2) is 37.1 Å². The normalized spacial score (nSPS) is 12.6. The maximum absolute atomic E-state index is 11.3. The highest BCUT2D eigenvalue weighted by Gasteiger charge is 2.16. The fourth-order valence-electron chi connectivity index (χ4n) is 2.84. The van der Waals surface area contributed by atoms with Gasteiger partial charge in [0.15, 0.2) is 5.13 Å². The van der Waals surface area contributed by atoms with Gasteiger partial charge in [0.25, 0.3) is 0 Å². The number of fused-ring (bicyclic) bond motifs is 1. The molecule has 30 heavy (non-hydrogen) atoms. The van der Waals surface area contributed by atoms with E-state index in [1.165, 1.54) is 32.2 Å². The first-order valence-electron chi connectivity index (χ1n) is 9.19. The second-order valence-electron chi connectivity index (χ2n) is 6.33. The molecule has 0 aliphatic carbocycles. The van der Waals surface area contributed by atoms with Gasteiger partial charge in [0.1, 0.15) is 11.6 Å². The number of benzene rings is 1. The van der Waals surface area contributed by atoms with Gasteiger partial charge in [-0.3, -0.25) is 4.79 Å². The SMILES string of the molecule is C=CC(=O)Nc1ccc2sc(N3CCCC3)nc2c1.COc1nc(N)ncc1C#N. The van der Waals surface area contributed by atoms with Crippen molar-refractivity contribution in [3.05, 3.63) is 42.6 Å². The fourth-order valence-corrected chi connectivity index (χ4v) is 3.84. The van der Waals surface area contributed by atoms with Gasteiger partial charge in [-0.25, -0.2) is 9.97 Å². The van der Waals surface area contributed by atoms with Gasteiger partial charge in [0.05, 0.1) is 23.5 Å². The number of nitrogens with one attached hydrogen (secondary N) is 1. The van der Waals surface area contributed by atoms with E-state index in [0.717, 1.165) is 34.1 Å². The van der Waals surface area contributed by atoms with Gasteiger partial charge in [-0.2, -0.15) is 10.2 Å². The number of nitrogens with zero attached hydrogens (tertiary/aromatic N) is 5. The topological polar surface area (TPSA) is 130 Å². The Labute approximate surface area is 177 Å². The van der Waals surface area contributed by atoms with E-state index in [9.17, 15) is 4.79 Å². The summed E-state index contributed by atoms with van der Waals surface area (Å²) in [5.41, 5.74) is 7.22. The van der Waals surface area contributed by atoms with Gasteiger partial charge in [-0.1, -0.05) is 17.9 Å². The van der Waals surface area contributed by atoms with Crippen LogP contribution in [0.2, 0.25) is 0 Å². The molecule has 0 atom stereocenters. The molecular formula is C20H21N7O2S. The summed E-state index contributed by atoms with van der Waals surface area (Å²) in [6.45, 7) is 5.64. The van der Waals surface area contributed by atoms with Crippen LogP contribution in [0.5, 0.6) is 5.88 Å². The molecule has 154 valence electrons. The minimum atomic E-state index is -0.200. The number of aromatic nitrogens is 3. The summed E-state index contributed by atoms with van der Waals surface area (Å²) in [5.74, 6) is 0.107. The summed E-state index contributed by atoms with van der Waals surface area (Å²) in [5, 5.41) is 12.3. The molecule has 1 amide bonds. The Morgan fingerprint density at radius 2 is 2.17 bits per heavy atom. The van der Waals surface area contributed by atoms with E-state index in [1.54, 1.807) is 11.3 Å². The van der Waals surface area contributed by atoms with Crippen LogP contribution in [0, 0.1) is 11.3 Å². The summed E-state index contributed by atoms with van der Waals surface area (Å²) in [6, 6.07) is 7.68. The van der Waals surface area contributed by atoms with Gasteiger partial charge in [0.2, 0.25) is 17.7 Å². The molecule has 0 spiro atoms. The molecule has 1 aliphatic rings. The zero-order valence-electron chi connectivity index (χ0n) is 16.5. The standard InChI is InChI=1S/C14H15N3OS.C6H6N4O/c1-2-13(18)15-10-5-6-12-11(9-10)16-14(19-12)17-7-3-4-8-17;1-11-5-4(2-7)3-9-6(8)10-5/h2,5-6,9H,1,3-4,7-8H2,(H,15,18);3H,1H3,(H2,8,9,10). The molecule has 1 aromatic carbocycles. The van der Waals surface area contributed by atoms with Crippen molar-refractivity contribution in [2.45, 2.75) is 12.8 Å². The second kappa shape index (κ2) is 9.67. The average molecular weight is 424 g/mol. The molecule has 0 radical (unpaired) electrons. The molecule has 0 saturated carbocycles. The molecule has 1 fully saturated rings. The lowest BCUT2D eigenvalue weighted by atomic mass is 10.3. The van der Waals surface area contributed by atoms with Crippen LogP contribution in [0.1, 0.15) is 18.4 Å². The number of ether oxygens (including phenoxy) is 1. The van der Waals surface area contributed by atoms with Crippen molar-refractivity contribution in [3.8, 4) is 11.9 Å². The lowest BCUT2D eigenvalue weighted by Crippen LogP contribution is -2.16. The maximum atomic E-state index is 11.3. The fraction of sp³-hybridized carbons (Fsp3) is 0.250. The Bertz CT molecular complexity index is 1100. The Kier molecular flexibility index (Phi) is 6.77. The lowest BCUT2D eigenvalue weighted by Gasteiger charge is -2.11. The van der Waals surface area contributed by atoms with Crippen molar-refractivity contribution < 1.29 is 9.53 Å². The molecule has 1 aliphatic heterocycles. The number of methoxy groups -OCH3 is 1. The molecule has 10 heteroatoms. The third kappa shape index (κ3) is 5.01. The number of hydrogen-bond donors (Lipinski definition) is 2. The maximum Gasteiger partial charge on any atom is 0.247 e. The molecular weight excluding hydrogens is 402 g/mol. The zero-order chi connectivity index (χ0) is 21.5. The predicted molar refractivity (Wildman–Crippen MR) is 118 cm³/mol. The number of nitriles is 1. The zero-order valence-corrected chi connectivity index (χ0v) is 17.3. The molecule has 1 saturated heterocycles. The smallest absolute Gasteiger partial charge is 0.247 e. The van der Waals surface area contributed by atoms with Crippen LogP contribution in [-0.2, 0) is 4.79 Å². The van der Waals surface area contributed by atoms with Crippen molar-refractivity contribution in [2.24, 2.45) is 0 Å². The van der Waals surface area contributed by atoms with E-state index in [0.29, 0.717) is 0 Å². The average Bonchev–Trinajstić information content (AvgIpc) is 3.43. The number of amides is 1. The summed E-state index contributed by atoms with van der Waals surface area (Å²) in [7, 11) is 1.42. The lowest BCUT2D eigenvalue weighted by molar-refractivity contribution is -0.111. The first-order valence-corrected chi connectivity index (χ1v) is 10.0. The van der Waals surface area contributed by atoms with Crippen LogP contribution < -0.4 is 20.7 Å². The van der Waals surface area contributed by atoms with Gasteiger partial charge < -0.3 is 20.7 Å². The molecule has 3 heterocycles. The van der Waals surface area contributed by atoms with E-state index >= 15 is 0 Å². The monoisotopic (exact) mass is 423 g/mol. The highest BCUT2D eigenvalue weighted by atomic mass is 32.1. The van der Waals surface area contributed by atoms with Crippen molar-refractivity contribution in [3.63, 3.8) is 0 Å². The molecule has 9 nitrogen and oxygen atoms in total. The van der Waals surface area contributed by atoms with Crippen LogP contribution in [-0.4, -0.2) is 41.1 Å². The first kappa shape index (κ1) is 21.0. The van der Waals surface area contributed by atoms with Crippen LogP contribution >= 0.6 is 11.3 Å².